The normalized spacial score (nSPS) is 15.5. The first kappa shape index (κ1) is 26.7. The van der Waals surface area contributed by atoms with Gasteiger partial charge in [0.25, 0.3) is 0 Å². The van der Waals surface area contributed by atoms with Gasteiger partial charge in [-0.25, -0.2) is 0 Å². The highest BCUT2D eigenvalue weighted by Gasteiger charge is 2.22. The number of hydrogen-bond donors (Lipinski definition) is 0. The quantitative estimate of drug-likeness (QED) is 0.204. The number of allylic oxidation sites excluding steroid dienone is 5. The zero-order valence-corrected chi connectivity index (χ0v) is 25.0. The van der Waals surface area contributed by atoms with E-state index in [0.717, 1.165) is 5.69 Å². The fourth-order valence-electron chi connectivity index (χ4n) is 6.56. The molecular weight excluding hydrogens is 518 g/mol. The van der Waals surface area contributed by atoms with Gasteiger partial charge < -0.3 is 4.40 Å². The van der Waals surface area contributed by atoms with Crippen LogP contribution in [-0.4, -0.2) is 4.40 Å². The summed E-state index contributed by atoms with van der Waals surface area (Å²) >= 11 is 0. The van der Waals surface area contributed by atoms with Gasteiger partial charge in [0.15, 0.2) is 0 Å². The van der Waals surface area contributed by atoms with Crippen LogP contribution < -0.4 is 0 Å². The van der Waals surface area contributed by atoms with Crippen molar-refractivity contribution in [1.82, 2.24) is 4.40 Å². The third-order valence-electron chi connectivity index (χ3n) is 8.69. The fraction of sp³-hybridized carbons (Fsp3) is 0.0952. The highest BCUT2D eigenvalue weighted by atomic mass is 14.9. The highest BCUT2D eigenvalue weighted by molar-refractivity contribution is 6.21. The largest absolute Gasteiger partial charge is 0.308 e. The molecule has 1 aliphatic carbocycles. The maximum absolute atomic E-state index is 4.30. The van der Waals surface area contributed by atoms with E-state index in [1.54, 1.807) is 0 Å². The number of benzene rings is 5. The molecule has 0 N–H and O–H groups in total. The SMILES string of the molecule is C=Cc1c(/C=C2/C=CC=CC2C)c2cc(-c3ccc(-c4ccccc4)cc3)cc3c4cc5ccccc5cc4n1c23.CC. The zero-order chi connectivity index (χ0) is 29.5. The van der Waals surface area contributed by atoms with Crippen LogP contribution in [0.4, 0.5) is 0 Å². The van der Waals surface area contributed by atoms with Crippen LogP contribution in [0.5, 0.6) is 0 Å². The van der Waals surface area contributed by atoms with Crippen molar-refractivity contribution in [2.45, 2.75) is 20.8 Å². The number of rotatable bonds is 4. The summed E-state index contributed by atoms with van der Waals surface area (Å²) in [5.41, 5.74) is 11.1. The summed E-state index contributed by atoms with van der Waals surface area (Å²) in [5.74, 6) is 0.364. The molecule has 0 saturated heterocycles. The van der Waals surface area contributed by atoms with E-state index in [0.29, 0.717) is 5.92 Å². The molecule has 1 unspecified atom stereocenters. The summed E-state index contributed by atoms with van der Waals surface area (Å²) in [6, 6.07) is 37.7. The third-order valence-corrected chi connectivity index (χ3v) is 8.69. The van der Waals surface area contributed by atoms with Crippen molar-refractivity contribution in [3.8, 4) is 22.3 Å². The average molecular weight is 554 g/mol. The Morgan fingerprint density at radius 1 is 0.651 bits per heavy atom. The molecule has 0 fully saturated rings. The molecule has 0 spiro atoms. The van der Waals surface area contributed by atoms with Crippen molar-refractivity contribution in [3.05, 3.63) is 151 Å². The minimum Gasteiger partial charge on any atom is -0.308 e. The maximum atomic E-state index is 4.30. The van der Waals surface area contributed by atoms with Crippen LogP contribution in [0.1, 0.15) is 32.0 Å². The van der Waals surface area contributed by atoms with Gasteiger partial charge in [0.05, 0.1) is 16.7 Å². The van der Waals surface area contributed by atoms with Crippen molar-refractivity contribution < 1.29 is 0 Å². The van der Waals surface area contributed by atoms with Crippen molar-refractivity contribution in [1.29, 1.82) is 0 Å². The molecule has 2 aromatic heterocycles. The third kappa shape index (κ3) is 4.40. The maximum Gasteiger partial charge on any atom is 0.0620 e. The Morgan fingerprint density at radius 3 is 1.98 bits per heavy atom. The Kier molecular flexibility index (Phi) is 6.80. The standard InChI is InChI=1S/C40H29N.C2H6/c1-3-38-34(21-30-14-8-7-11-26(30)2)36-23-33(29-19-17-28(18-20-29)27-12-5-4-6-13-27)24-37-35-22-31-15-9-10-16-32(31)25-39(35)41(38)40(36)37;1-2/h3-26H,1H2,2H3;1-2H3/b30-21-;. The molecule has 7 aromatic rings. The minimum absolute atomic E-state index is 0.364. The van der Waals surface area contributed by atoms with Gasteiger partial charge in [0.2, 0.25) is 0 Å². The van der Waals surface area contributed by atoms with Crippen LogP contribution in [0.3, 0.4) is 0 Å². The molecule has 0 amide bonds. The highest BCUT2D eigenvalue weighted by Crippen LogP contribution is 2.43. The first-order valence-electron chi connectivity index (χ1n) is 15.3. The van der Waals surface area contributed by atoms with E-state index in [1.807, 2.05) is 19.9 Å². The second-order valence-electron chi connectivity index (χ2n) is 11.1. The van der Waals surface area contributed by atoms with Crippen molar-refractivity contribution in [2.75, 3.05) is 0 Å². The Morgan fingerprint density at radius 2 is 1.28 bits per heavy atom. The summed E-state index contributed by atoms with van der Waals surface area (Å²) in [4.78, 5) is 0. The van der Waals surface area contributed by atoms with Crippen molar-refractivity contribution in [2.24, 2.45) is 5.92 Å². The van der Waals surface area contributed by atoms with E-state index in [1.165, 1.54) is 71.4 Å². The van der Waals surface area contributed by atoms with Crippen LogP contribution in [0, 0.1) is 5.92 Å². The second kappa shape index (κ2) is 10.9. The Hall–Kier alpha value is -5.14. The topological polar surface area (TPSA) is 4.41 Å². The molecule has 1 nitrogen and oxygen atoms in total. The summed E-state index contributed by atoms with van der Waals surface area (Å²) in [5, 5.41) is 6.34. The first-order valence-corrected chi connectivity index (χ1v) is 15.3. The van der Waals surface area contributed by atoms with Gasteiger partial charge in [-0.3, -0.25) is 0 Å². The van der Waals surface area contributed by atoms with E-state index in [-0.39, 0.29) is 0 Å². The van der Waals surface area contributed by atoms with Gasteiger partial charge >= 0.3 is 0 Å². The monoisotopic (exact) mass is 553 g/mol. The molecule has 1 heteroatoms. The van der Waals surface area contributed by atoms with E-state index in [4.69, 9.17) is 0 Å². The average Bonchev–Trinajstić information content (AvgIpc) is 3.56. The summed E-state index contributed by atoms with van der Waals surface area (Å²) < 4.78 is 2.43. The van der Waals surface area contributed by atoms with Crippen LogP contribution in [0.15, 0.2) is 140 Å². The number of nitrogens with zero attached hydrogens (tertiary/aromatic N) is 1. The number of fused-ring (bicyclic) bond motifs is 4. The molecule has 5 aromatic carbocycles. The molecule has 0 radical (unpaired) electrons. The van der Waals surface area contributed by atoms with E-state index < -0.39 is 0 Å². The Labute approximate surface area is 253 Å². The fourth-order valence-corrected chi connectivity index (χ4v) is 6.56. The molecule has 0 bridgehead atoms. The van der Waals surface area contributed by atoms with Gasteiger partial charge in [-0.05, 0) is 80.9 Å². The lowest BCUT2D eigenvalue weighted by Gasteiger charge is -2.12. The van der Waals surface area contributed by atoms with Gasteiger partial charge in [-0.1, -0.05) is 131 Å². The molecule has 0 saturated carbocycles. The minimum atomic E-state index is 0.364. The van der Waals surface area contributed by atoms with Gasteiger partial charge in [0.1, 0.15) is 0 Å². The van der Waals surface area contributed by atoms with E-state index in [2.05, 4.69) is 151 Å². The molecule has 43 heavy (non-hydrogen) atoms. The predicted molar refractivity (Wildman–Crippen MR) is 189 cm³/mol. The Bertz CT molecular complexity index is 2200. The molecule has 1 aliphatic rings. The molecular formula is C42H35N. The molecule has 208 valence electrons. The summed E-state index contributed by atoms with van der Waals surface area (Å²) in [6.07, 6.45) is 13.2. The van der Waals surface area contributed by atoms with Crippen LogP contribution in [0.25, 0.3) is 72.4 Å². The van der Waals surface area contributed by atoms with E-state index in [9.17, 15) is 0 Å². The summed E-state index contributed by atoms with van der Waals surface area (Å²) in [7, 11) is 0. The lowest BCUT2D eigenvalue weighted by atomic mass is 9.92. The van der Waals surface area contributed by atoms with Crippen LogP contribution >= 0.6 is 0 Å². The van der Waals surface area contributed by atoms with Crippen LogP contribution in [0.2, 0.25) is 0 Å². The molecule has 0 aliphatic heterocycles. The van der Waals surface area contributed by atoms with Gasteiger partial charge in [0, 0.05) is 21.7 Å². The lowest BCUT2D eigenvalue weighted by Crippen LogP contribution is -1.96. The first-order chi connectivity index (χ1) is 21.2. The van der Waals surface area contributed by atoms with Crippen molar-refractivity contribution >= 4 is 50.1 Å². The van der Waals surface area contributed by atoms with Crippen LogP contribution in [-0.2, 0) is 0 Å². The van der Waals surface area contributed by atoms with Gasteiger partial charge in [-0.15, -0.1) is 0 Å². The molecule has 2 heterocycles. The predicted octanol–water partition coefficient (Wildman–Crippen LogP) is 12.0. The smallest absolute Gasteiger partial charge is 0.0620 e. The number of aromatic nitrogens is 1. The molecule has 8 rings (SSSR count). The second-order valence-corrected chi connectivity index (χ2v) is 11.1. The van der Waals surface area contributed by atoms with Gasteiger partial charge in [-0.2, -0.15) is 0 Å². The number of hydrogen-bond acceptors (Lipinski definition) is 0. The molecule has 1 atom stereocenters. The summed E-state index contributed by atoms with van der Waals surface area (Å²) in [6.45, 7) is 10.6. The zero-order valence-electron chi connectivity index (χ0n) is 25.0. The van der Waals surface area contributed by atoms with E-state index >= 15 is 0 Å². The van der Waals surface area contributed by atoms with Crippen molar-refractivity contribution in [3.63, 3.8) is 0 Å². The lowest BCUT2D eigenvalue weighted by molar-refractivity contribution is 0.891. The Balaban J connectivity index is 0.00000147.